The highest BCUT2D eigenvalue weighted by Gasteiger charge is 2.92. The van der Waals surface area contributed by atoms with Gasteiger partial charge in [-0.25, -0.2) is 14.1 Å². The first-order valence-corrected chi connectivity index (χ1v) is 12.4. The van der Waals surface area contributed by atoms with E-state index in [4.69, 9.17) is 40.6 Å². The van der Waals surface area contributed by atoms with E-state index in [9.17, 15) is 9.46 Å². The maximum Gasteiger partial charge on any atom is 0.527 e. The summed E-state index contributed by atoms with van der Waals surface area (Å²) in [5.74, 6) is -0.635. The van der Waals surface area contributed by atoms with Gasteiger partial charge in [-0.15, -0.1) is 0 Å². The number of para-hydroxylation sites is 1. The largest absolute Gasteiger partial charge is 0.527 e. The SMILES string of the molecule is CC1(C)O[C@H]2[C@H](c3ccc4c(N)ncnn34)O[C@]3(C)C(OP(=O)(O)Oc4ccccc4Cl)C23O1. The van der Waals surface area contributed by atoms with Crippen molar-refractivity contribution in [2.45, 2.75) is 56.1 Å². The van der Waals surface area contributed by atoms with Crippen molar-refractivity contribution in [3.05, 3.63) is 53.4 Å². The molecule has 6 atom stereocenters. The molecule has 3 unspecified atom stereocenters. The van der Waals surface area contributed by atoms with Gasteiger partial charge in [0.1, 0.15) is 41.5 Å². The zero-order chi connectivity index (χ0) is 24.1. The van der Waals surface area contributed by atoms with Gasteiger partial charge in [-0.1, -0.05) is 23.7 Å². The van der Waals surface area contributed by atoms with Crippen LogP contribution in [-0.2, 0) is 23.3 Å². The van der Waals surface area contributed by atoms with Crippen molar-refractivity contribution in [3.8, 4) is 5.75 Å². The van der Waals surface area contributed by atoms with Crippen LogP contribution in [0.1, 0.15) is 32.6 Å². The molecule has 3 fully saturated rings. The number of nitrogens with two attached hydrogens (primary N) is 1. The molecule has 3 aliphatic rings. The fourth-order valence-corrected chi connectivity index (χ4v) is 6.47. The van der Waals surface area contributed by atoms with Gasteiger partial charge in [-0.05, 0) is 45.0 Å². The summed E-state index contributed by atoms with van der Waals surface area (Å²) in [4.78, 5) is 14.5. The van der Waals surface area contributed by atoms with Crippen molar-refractivity contribution in [2.75, 3.05) is 5.73 Å². The van der Waals surface area contributed by atoms with E-state index in [1.165, 1.54) is 12.4 Å². The van der Waals surface area contributed by atoms with E-state index in [1.807, 2.05) is 6.07 Å². The van der Waals surface area contributed by atoms with Crippen molar-refractivity contribution in [1.82, 2.24) is 14.6 Å². The molecule has 180 valence electrons. The lowest BCUT2D eigenvalue weighted by molar-refractivity contribution is -0.186. The molecule has 1 saturated carbocycles. The third-order valence-corrected chi connectivity index (χ3v) is 7.79. The standard InChI is InChI=1S/C21H22ClN4O7P/c1-19(2)30-16-15(12-8-9-13-17(23)24-10-25-26(12)13)29-20(3)18(21(16,20)33-19)32-34(27,28)31-14-7-5-4-6-11(14)22/h4-10,15-16,18H,1-3H3,(H,27,28)(H2,23,24,25)/t15-,16-,18?,20+,21?/m0/s1. The fourth-order valence-electron chi connectivity index (χ4n) is 5.16. The molecule has 0 radical (unpaired) electrons. The lowest BCUT2D eigenvalue weighted by Gasteiger charge is -2.25. The summed E-state index contributed by atoms with van der Waals surface area (Å²) in [6, 6.07) is 9.95. The minimum atomic E-state index is -4.60. The maximum atomic E-state index is 12.9. The second-order valence-electron chi connectivity index (χ2n) is 9.16. The van der Waals surface area contributed by atoms with Crippen LogP contribution in [0.4, 0.5) is 5.82 Å². The van der Waals surface area contributed by atoms with Gasteiger partial charge >= 0.3 is 7.82 Å². The summed E-state index contributed by atoms with van der Waals surface area (Å²) in [6.07, 6.45) is -0.847. The Bertz CT molecular complexity index is 1370. The van der Waals surface area contributed by atoms with Crippen molar-refractivity contribution >= 4 is 30.8 Å². The molecule has 6 rings (SSSR count). The molecule has 2 aliphatic heterocycles. The van der Waals surface area contributed by atoms with Crippen LogP contribution in [0.25, 0.3) is 5.52 Å². The first kappa shape index (κ1) is 22.2. The molecule has 1 aliphatic carbocycles. The van der Waals surface area contributed by atoms with Gasteiger partial charge in [0.05, 0.1) is 10.7 Å². The topological polar surface area (TPSA) is 140 Å². The van der Waals surface area contributed by atoms with E-state index >= 15 is 0 Å². The molecule has 4 heterocycles. The molecule has 3 N–H and O–H groups in total. The van der Waals surface area contributed by atoms with Crippen molar-refractivity contribution in [1.29, 1.82) is 0 Å². The predicted octanol–water partition coefficient (Wildman–Crippen LogP) is 3.26. The molecule has 0 bridgehead atoms. The van der Waals surface area contributed by atoms with E-state index in [-0.39, 0.29) is 10.8 Å². The number of ether oxygens (including phenoxy) is 3. The Morgan fingerprint density at radius 1 is 1.21 bits per heavy atom. The zero-order valence-electron chi connectivity index (χ0n) is 18.4. The molecule has 2 aromatic heterocycles. The summed E-state index contributed by atoms with van der Waals surface area (Å²) < 4.78 is 44.3. The van der Waals surface area contributed by atoms with Gasteiger partial charge in [-0.3, -0.25) is 9.42 Å². The number of phosphoric acid groups is 1. The van der Waals surface area contributed by atoms with E-state index in [0.717, 1.165) is 0 Å². The highest BCUT2D eigenvalue weighted by Crippen LogP contribution is 2.74. The molecular formula is C21H22ClN4O7P. The predicted molar refractivity (Wildman–Crippen MR) is 119 cm³/mol. The summed E-state index contributed by atoms with van der Waals surface area (Å²) in [5.41, 5.74) is 5.04. The van der Waals surface area contributed by atoms with Crippen LogP contribution < -0.4 is 10.3 Å². The summed E-state index contributed by atoms with van der Waals surface area (Å²) >= 11 is 6.06. The molecule has 1 spiro atoms. The van der Waals surface area contributed by atoms with Crippen LogP contribution in [0.15, 0.2) is 42.7 Å². The molecule has 3 aromatic rings. The number of benzene rings is 1. The summed E-state index contributed by atoms with van der Waals surface area (Å²) in [7, 11) is -4.60. The number of fused-ring (bicyclic) bond motifs is 1. The second kappa shape index (κ2) is 6.92. The minimum absolute atomic E-state index is 0.0275. The first-order chi connectivity index (χ1) is 16.0. The summed E-state index contributed by atoms with van der Waals surface area (Å²) in [5, 5.41) is 4.47. The van der Waals surface area contributed by atoms with E-state index < -0.39 is 43.1 Å². The number of aromatic nitrogens is 3. The van der Waals surface area contributed by atoms with Gasteiger partial charge < -0.3 is 24.5 Å². The number of hydrogen-bond donors (Lipinski definition) is 2. The monoisotopic (exact) mass is 508 g/mol. The Hall–Kier alpha value is -2.24. The Balaban J connectivity index is 1.33. The van der Waals surface area contributed by atoms with Crippen LogP contribution >= 0.6 is 19.4 Å². The van der Waals surface area contributed by atoms with E-state index in [0.29, 0.717) is 17.0 Å². The molecule has 0 amide bonds. The Labute approximate surface area is 199 Å². The molecule has 11 nitrogen and oxygen atoms in total. The van der Waals surface area contributed by atoms with E-state index in [2.05, 4.69) is 10.1 Å². The van der Waals surface area contributed by atoms with Gasteiger partial charge in [0, 0.05) is 0 Å². The number of anilines is 1. The van der Waals surface area contributed by atoms with Gasteiger partial charge in [0.2, 0.25) is 0 Å². The van der Waals surface area contributed by atoms with Gasteiger partial charge in [-0.2, -0.15) is 5.10 Å². The Morgan fingerprint density at radius 2 is 1.97 bits per heavy atom. The van der Waals surface area contributed by atoms with Crippen molar-refractivity contribution in [3.63, 3.8) is 0 Å². The average molecular weight is 509 g/mol. The molecule has 34 heavy (non-hydrogen) atoms. The molecular weight excluding hydrogens is 487 g/mol. The summed E-state index contributed by atoms with van der Waals surface area (Å²) in [6.45, 7) is 5.29. The molecule has 13 heteroatoms. The van der Waals surface area contributed by atoms with Crippen LogP contribution in [0.2, 0.25) is 5.02 Å². The Kier molecular flexibility index (Phi) is 4.52. The number of hydrogen-bond acceptors (Lipinski definition) is 9. The third-order valence-electron chi connectivity index (χ3n) is 6.57. The zero-order valence-corrected chi connectivity index (χ0v) is 20.1. The van der Waals surface area contributed by atoms with Crippen LogP contribution in [-0.4, -0.2) is 48.7 Å². The van der Waals surface area contributed by atoms with Gasteiger partial charge in [0.25, 0.3) is 0 Å². The second-order valence-corrected chi connectivity index (χ2v) is 10.9. The minimum Gasteiger partial charge on any atom is -0.403 e. The molecule has 2 saturated heterocycles. The highest BCUT2D eigenvalue weighted by molar-refractivity contribution is 7.47. The Morgan fingerprint density at radius 3 is 2.74 bits per heavy atom. The van der Waals surface area contributed by atoms with Crippen molar-refractivity contribution < 1.29 is 32.7 Å². The molecule has 1 aromatic carbocycles. The van der Waals surface area contributed by atoms with Crippen LogP contribution in [0.3, 0.4) is 0 Å². The highest BCUT2D eigenvalue weighted by atomic mass is 35.5. The normalized spacial score (nSPS) is 35.0. The van der Waals surface area contributed by atoms with Crippen molar-refractivity contribution in [2.24, 2.45) is 0 Å². The lowest BCUT2D eigenvalue weighted by Crippen LogP contribution is -2.33. The van der Waals surface area contributed by atoms with Crippen LogP contribution in [0, 0.1) is 0 Å². The lowest BCUT2D eigenvalue weighted by atomic mass is 10.0. The fraction of sp³-hybridized carbons (Fsp3) is 0.429. The number of rotatable bonds is 5. The quantitative estimate of drug-likeness (QED) is 0.493. The number of halogens is 1. The maximum absolute atomic E-state index is 12.9. The smallest absolute Gasteiger partial charge is 0.403 e. The number of nitrogen functional groups attached to an aromatic ring is 1. The number of nitrogens with zero attached hydrogens (tertiary/aromatic N) is 3. The van der Waals surface area contributed by atoms with Crippen LogP contribution in [0.5, 0.6) is 5.75 Å². The average Bonchev–Trinajstić information content (AvgIpc) is 3.15. The first-order valence-electron chi connectivity index (χ1n) is 10.6. The third kappa shape index (κ3) is 2.99. The number of phosphoric ester groups is 1. The van der Waals surface area contributed by atoms with Gasteiger partial charge in [0.15, 0.2) is 17.2 Å². The van der Waals surface area contributed by atoms with E-state index in [1.54, 1.807) is 49.6 Å².